The fourth-order valence-corrected chi connectivity index (χ4v) is 3.30. The summed E-state index contributed by atoms with van der Waals surface area (Å²) in [5.41, 5.74) is 1.70. The first-order valence-corrected chi connectivity index (χ1v) is 8.03. The van der Waals surface area contributed by atoms with Crippen molar-refractivity contribution in [3.63, 3.8) is 0 Å². The van der Waals surface area contributed by atoms with Crippen molar-refractivity contribution >= 4 is 32.7 Å². The van der Waals surface area contributed by atoms with Crippen LogP contribution in [0.1, 0.15) is 0 Å². The third-order valence-electron chi connectivity index (χ3n) is 3.54. The van der Waals surface area contributed by atoms with Gasteiger partial charge in [0.2, 0.25) is 12.7 Å². The minimum atomic E-state index is 0.252. The van der Waals surface area contributed by atoms with E-state index in [0.29, 0.717) is 22.8 Å². The smallest absolute Gasteiger partial charge is 0.322 e. The molecule has 0 fully saturated rings. The number of nitrogens with one attached hydrogen (secondary N) is 1. The van der Waals surface area contributed by atoms with Crippen molar-refractivity contribution in [1.29, 1.82) is 0 Å². The summed E-state index contributed by atoms with van der Waals surface area (Å²) >= 11 is 1.48. The molecule has 1 aliphatic heterocycles. The van der Waals surface area contributed by atoms with Gasteiger partial charge < -0.3 is 13.9 Å². The predicted molar refractivity (Wildman–Crippen MR) is 88.8 cm³/mol. The Labute approximate surface area is 139 Å². The van der Waals surface area contributed by atoms with Gasteiger partial charge in [-0.3, -0.25) is 5.32 Å². The van der Waals surface area contributed by atoms with Crippen molar-refractivity contribution in [2.75, 3.05) is 12.1 Å². The molecule has 0 aliphatic carbocycles. The van der Waals surface area contributed by atoms with Crippen LogP contribution in [-0.4, -0.2) is 22.0 Å². The first-order chi connectivity index (χ1) is 11.8. The maximum atomic E-state index is 5.63. The van der Waals surface area contributed by atoms with Gasteiger partial charge in [0.1, 0.15) is 0 Å². The van der Waals surface area contributed by atoms with Gasteiger partial charge >= 0.3 is 6.01 Å². The van der Waals surface area contributed by atoms with Crippen LogP contribution in [0.5, 0.6) is 11.5 Å². The fourth-order valence-electron chi connectivity index (χ4n) is 2.43. The summed E-state index contributed by atoms with van der Waals surface area (Å²) in [6.45, 7) is 0.252. The zero-order chi connectivity index (χ0) is 15.9. The van der Waals surface area contributed by atoms with E-state index in [4.69, 9.17) is 13.9 Å². The van der Waals surface area contributed by atoms with Crippen molar-refractivity contribution in [3.05, 3.63) is 42.5 Å². The summed E-state index contributed by atoms with van der Waals surface area (Å²) in [5, 5.41) is 11.8. The summed E-state index contributed by atoms with van der Waals surface area (Å²) in [6.07, 6.45) is 0. The summed E-state index contributed by atoms with van der Waals surface area (Å²) < 4.78 is 17.4. The van der Waals surface area contributed by atoms with Crippen molar-refractivity contribution in [1.82, 2.24) is 15.2 Å². The lowest BCUT2D eigenvalue weighted by Crippen LogP contribution is -1.92. The second-order valence-corrected chi connectivity index (χ2v) is 6.13. The summed E-state index contributed by atoms with van der Waals surface area (Å²) in [7, 11) is 0. The Morgan fingerprint density at radius 1 is 1.00 bits per heavy atom. The minimum Gasteiger partial charge on any atom is -0.454 e. The van der Waals surface area contributed by atoms with E-state index in [-0.39, 0.29) is 6.79 Å². The molecule has 0 amide bonds. The minimum absolute atomic E-state index is 0.252. The average molecular weight is 338 g/mol. The van der Waals surface area contributed by atoms with Crippen molar-refractivity contribution in [3.8, 4) is 23.0 Å². The monoisotopic (exact) mass is 338 g/mol. The molecule has 24 heavy (non-hydrogen) atoms. The molecule has 0 radical (unpaired) electrons. The second kappa shape index (κ2) is 5.20. The third-order valence-corrected chi connectivity index (χ3v) is 4.48. The molecule has 4 aromatic rings. The Morgan fingerprint density at radius 3 is 2.71 bits per heavy atom. The molecule has 2 aromatic heterocycles. The molecule has 0 saturated heterocycles. The van der Waals surface area contributed by atoms with Gasteiger partial charge in [0.05, 0.1) is 10.2 Å². The summed E-state index contributed by atoms with van der Waals surface area (Å²) in [4.78, 5) is 4.51. The Balaban J connectivity index is 1.44. The van der Waals surface area contributed by atoms with E-state index >= 15 is 0 Å². The van der Waals surface area contributed by atoms with Gasteiger partial charge in [-0.05, 0) is 12.1 Å². The van der Waals surface area contributed by atoms with Crippen molar-refractivity contribution in [2.45, 2.75) is 0 Å². The van der Waals surface area contributed by atoms with Crippen molar-refractivity contribution < 1.29 is 13.9 Å². The van der Waals surface area contributed by atoms with Gasteiger partial charge in [0.15, 0.2) is 16.6 Å². The molecule has 0 bridgehead atoms. The van der Waals surface area contributed by atoms with E-state index in [2.05, 4.69) is 20.5 Å². The lowest BCUT2D eigenvalue weighted by Gasteiger charge is -1.94. The lowest BCUT2D eigenvalue weighted by molar-refractivity contribution is 0.174. The van der Waals surface area contributed by atoms with Gasteiger partial charge in [-0.2, -0.15) is 0 Å². The number of hydrogen-bond donors (Lipinski definition) is 1. The van der Waals surface area contributed by atoms with Crippen LogP contribution in [0, 0.1) is 0 Å². The number of fused-ring (bicyclic) bond motifs is 2. The number of thiazole rings is 1. The van der Waals surface area contributed by atoms with E-state index in [9.17, 15) is 0 Å². The highest BCUT2D eigenvalue weighted by molar-refractivity contribution is 7.22. The van der Waals surface area contributed by atoms with E-state index in [1.54, 1.807) is 0 Å². The number of rotatable bonds is 3. The normalized spacial score (nSPS) is 12.7. The standard InChI is InChI=1S/C16H10N4O3S/c1-2-4-9(5-3-1)14-19-20-15(23-14)18-16-17-10-6-11-12(22-8-21-11)7-13(10)24-16/h1-7H,8H2,(H,17,18,20). The number of aromatic nitrogens is 3. The molecule has 8 heteroatoms. The number of ether oxygens (including phenoxy) is 2. The SMILES string of the molecule is c1ccc(-c2nnc(Nc3nc4cc5c(cc4s3)OCO5)o2)cc1. The van der Waals surface area contributed by atoms with Crippen LogP contribution in [0.4, 0.5) is 11.1 Å². The van der Waals surface area contributed by atoms with Gasteiger partial charge in [0, 0.05) is 17.7 Å². The fraction of sp³-hybridized carbons (Fsp3) is 0.0625. The first kappa shape index (κ1) is 13.3. The van der Waals surface area contributed by atoms with Gasteiger partial charge in [-0.15, -0.1) is 5.10 Å². The third kappa shape index (κ3) is 2.24. The molecule has 0 atom stereocenters. The van der Waals surface area contributed by atoms with E-state index in [1.807, 2.05) is 42.5 Å². The zero-order valence-corrected chi connectivity index (χ0v) is 13.0. The second-order valence-electron chi connectivity index (χ2n) is 5.10. The molecule has 118 valence electrons. The van der Waals surface area contributed by atoms with Crippen LogP contribution in [0.2, 0.25) is 0 Å². The van der Waals surface area contributed by atoms with E-state index in [0.717, 1.165) is 21.5 Å². The van der Waals surface area contributed by atoms with Crippen molar-refractivity contribution in [2.24, 2.45) is 0 Å². The Hall–Kier alpha value is -3.13. The molecule has 1 aliphatic rings. The molecule has 1 N–H and O–H groups in total. The Kier molecular flexibility index (Phi) is 2.89. The molecular formula is C16H10N4O3S. The molecule has 3 heterocycles. The average Bonchev–Trinajstić information content (AvgIpc) is 3.32. The lowest BCUT2D eigenvalue weighted by atomic mass is 10.2. The van der Waals surface area contributed by atoms with Gasteiger partial charge in [0.25, 0.3) is 0 Å². The predicted octanol–water partition coefficient (Wildman–Crippen LogP) is 3.82. The molecule has 0 saturated carbocycles. The largest absolute Gasteiger partial charge is 0.454 e. The maximum Gasteiger partial charge on any atom is 0.322 e. The zero-order valence-electron chi connectivity index (χ0n) is 12.2. The van der Waals surface area contributed by atoms with Crippen LogP contribution < -0.4 is 14.8 Å². The van der Waals surface area contributed by atoms with Crippen LogP contribution in [0.15, 0.2) is 46.9 Å². The molecule has 5 rings (SSSR count). The highest BCUT2D eigenvalue weighted by Gasteiger charge is 2.17. The van der Waals surface area contributed by atoms with E-state index in [1.165, 1.54) is 11.3 Å². The topological polar surface area (TPSA) is 82.3 Å². The van der Waals surface area contributed by atoms with Gasteiger partial charge in [-0.1, -0.05) is 34.6 Å². The molecular weight excluding hydrogens is 328 g/mol. The van der Waals surface area contributed by atoms with Crippen LogP contribution in [-0.2, 0) is 0 Å². The van der Waals surface area contributed by atoms with Crippen LogP contribution >= 0.6 is 11.3 Å². The maximum absolute atomic E-state index is 5.63. The summed E-state index contributed by atoms with van der Waals surface area (Å²) in [6, 6.07) is 13.7. The van der Waals surface area contributed by atoms with Gasteiger partial charge in [-0.25, -0.2) is 4.98 Å². The van der Waals surface area contributed by atoms with Crippen LogP contribution in [0.25, 0.3) is 21.7 Å². The molecule has 2 aromatic carbocycles. The summed E-state index contributed by atoms with van der Waals surface area (Å²) in [5.74, 6) is 1.91. The first-order valence-electron chi connectivity index (χ1n) is 7.21. The quantitative estimate of drug-likeness (QED) is 0.608. The van der Waals surface area contributed by atoms with E-state index < -0.39 is 0 Å². The molecule has 0 spiro atoms. The van der Waals surface area contributed by atoms with Crippen LogP contribution in [0.3, 0.4) is 0 Å². The number of hydrogen-bond acceptors (Lipinski definition) is 8. The number of benzene rings is 2. The molecule has 7 nitrogen and oxygen atoms in total. The highest BCUT2D eigenvalue weighted by Crippen LogP contribution is 2.39. The molecule has 0 unspecified atom stereocenters. The number of anilines is 2. The Bertz CT molecular complexity index is 987. The number of nitrogens with zero attached hydrogens (tertiary/aromatic N) is 3. The Morgan fingerprint density at radius 2 is 1.83 bits per heavy atom. The highest BCUT2D eigenvalue weighted by atomic mass is 32.1.